The van der Waals surface area contributed by atoms with E-state index in [1.165, 1.54) is 24.8 Å². The van der Waals surface area contributed by atoms with E-state index in [0.29, 0.717) is 17.9 Å². The lowest BCUT2D eigenvalue weighted by atomic mass is 9.69. The van der Waals surface area contributed by atoms with Crippen LogP contribution in [0.5, 0.6) is 5.75 Å². The van der Waals surface area contributed by atoms with E-state index in [-0.39, 0.29) is 5.91 Å². The molecule has 2 aliphatic rings. The molecule has 0 spiro atoms. The highest BCUT2D eigenvalue weighted by Gasteiger charge is 2.32. The normalized spacial score (nSPS) is 26.7. The summed E-state index contributed by atoms with van der Waals surface area (Å²) < 4.78 is 5.84. The largest absolute Gasteiger partial charge is 0.490 e. The van der Waals surface area contributed by atoms with Crippen LogP contribution in [0.4, 0.5) is 0 Å². The maximum Gasteiger partial charge on any atom is 0.216 e. The van der Waals surface area contributed by atoms with Gasteiger partial charge in [-0.25, -0.2) is 0 Å². The predicted molar refractivity (Wildman–Crippen MR) is 84.9 cm³/mol. The highest BCUT2D eigenvalue weighted by molar-refractivity contribution is 5.72. The van der Waals surface area contributed by atoms with Crippen molar-refractivity contribution in [3.63, 3.8) is 0 Å². The monoisotopic (exact) mass is 303 g/mol. The second kappa shape index (κ2) is 7.09. The summed E-state index contributed by atoms with van der Waals surface area (Å²) in [4.78, 5) is 15.3. The number of amides is 1. The number of nitrogens with zero attached hydrogens (tertiary/aromatic N) is 1. The molecule has 5 heteroatoms. The molecule has 22 heavy (non-hydrogen) atoms. The standard InChI is InChI=1S/C17H25N3O2/c1-12(21)19-6-4-13-2-3-17(13)14-8-16(10-18-9-14)22-11-15-5-7-20-15/h8-10,13,15,17,20H,2-7,11H2,1H3,(H,19,21). The van der Waals surface area contributed by atoms with Gasteiger partial charge in [0.1, 0.15) is 12.4 Å². The maximum absolute atomic E-state index is 10.9. The van der Waals surface area contributed by atoms with Gasteiger partial charge < -0.3 is 15.4 Å². The third-order valence-electron chi connectivity index (χ3n) is 4.85. The quantitative estimate of drug-likeness (QED) is 0.807. The first-order chi connectivity index (χ1) is 10.7. The molecule has 5 nitrogen and oxygen atoms in total. The van der Waals surface area contributed by atoms with Crippen molar-refractivity contribution in [1.82, 2.24) is 15.6 Å². The van der Waals surface area contributed by atoms with E-state index in [9.17, 15) is 4.79 Å². The van der Waals surface area contributed by atoms with Crippen LogP contribution in [0, 0.1) is 5.92 Å². The van der Waals surface area contributed by atoms with Crippen LogP contribution in [0.3, 0.4) is 0 Å². The predicted octanol–water partition coefficient (Wildman–Crippen LogP) is 1.84. The minimum absolute atomic E-state index is 0.0533. The molecular formula is C17H25N3O2. The highest BCUT2D eigenvalue weighted by atomic mass is 16.5. The second-order valence-electron chi connectivity index (χ2n) is 6.42. The average molecular weight is 303 g/mol. The van der Waals surface area contributed by atoms with E-state index in [2.05, 4.69) is 21.7 Å². The molecule has 1 saturated carbocycles. The Labute approximate surface area is 131 Å². The van der Waals surface area contributed by atoms with Crippen LogP contribution in [0.1, 0.15) is 44.1 Å². The fraction of sp³-hybridized carbons (Fsp3) is 0.647. The SMILES string of the molecule is CC(=O)NCCC1CCC1c1cncc(OCC2CCN2)c1. The zero-order chi connectivity index (χ0) is 15.4. The number of ether oxygens (including phenoxy) is 1. The van der Waals surface area contributed by atoms with Crippen LogP contribution in [-0.4, -0.2) is 36.6 Å². The molecule has 1 amide bonds. The maximum atomic E-state index is 10.9. The van der Waals surface area contributed by atoms with Gasteiger partial charge in [-0.3, -0.25) is 9.78 Å². The topological polar surface area (TPSA) is 63.2 Å². The van der Waals surface area contributed by atoms with Crippen molar-refractivity contribution in [2.75, 3.05) is 19.7 Å². The molecule has 3 unspecified atom stereocenters. The third-order valence-corrected chi connectivity index (χ3v) is 4.85. The Morgan fingerprint density at radius 3 is 2.91 bits per heavy atom. The minimum atomic E-state index is 0.0533. The van der Waals surface area contributed by atoms with Crippen LogP contribution in [0.25, 0.3) is 0 Å². The molecule has 1 aliphatic carbocycles. The van der Waals surface area contributed by atoms with Crippen LogP contribution < -0.4 is 15.4 Å². The zero-order valence-corrected chi connectivity index (χ0v) is 13.2. The smallest absolute Gasteiger partial charge is 0.216 e. The van der Waals surface area contributed by atoms with Gasteiger partial charge in [0, 0.05) is 25.7 Å². The number of nitrogens with one attached hydrogen (secondary N) is 2. The first-order valence-corrected chi connectivity index (χ1v) is 8.28. The first-order valence-electron chi connectivity index (χ1n) is 8.28. The highest BCUT2D eigenvalue weighted by Crippen LogP contribution is 2.44. The van der Waals surface area contributed by atoms with Crippen molar-refractivity contribution in [2.24, 2.45) is 5.92 Å². The molecule has 120 valence electrons. The van der Waals surface area contributed by atoms with Gasteiger partial charge in [0.05, 0.1) is 6.20 Å². The molecule has 0 aromatic carbocycles. The second-order valence-corrected chi connectivity index (χ2v) is 6.42. The summed E-state index contributed by atoms with van der Waals surface area (Å²) in [5.41, 5.74) is 1.28. The summed E-state index contributed by atoms with van der Waals surface area (Å²) in [6, 6.07) is 2.64. The first kappa shape index (κ1) is 15.3. The van der Waals surface area contributed by atoms with Gasteiger partial charge in [0.15, 0.2) is 0 Å². The van der Waals surface area contributed by atoms with E-state index >= 15 is 0 Å². The van der Waals surface area contributed by atoms with Gasteiger partial charge in [-0.05, 0) is 55.7 Å². The van der Waals surface area contributed by atoms with Crippen molar-refractivity contribution in [3.8, 4) is 5.75 Å². The van der Waals surface area contributed by atoms with Crippen LogP contribution in [-0.2, 0) is 4.79 Å². The van der Waals surface area contributed by atoms with Crippen molar-refractivity contribution < 1.29 is 9.53 Å². The molecule has 1 aliphatic heterocycles. The molecule has 1 saturated heterocycles. The van der Waals surface area contributed by atoms with Crippen LogP contribution in [0.15, 0.2) is 18.5 Å². The van der Waals surface area contributed by atoms with E-state index in [1.807, 2.05) is 6.20 Å². The Bertz CT molecular complexity index is 516. The molecule has 3 rings (SSSR count). The number of carbonyl (C=O) groups is 1. The van der Waals surface area contributed by atoms with Gasteiger partial charge in [0.25, 0.3) is 0 Å². The number of hydrogen-bond donors (Lipinski definition) is 2. The van der Waals surface area contributed by atoms with E-state index in [4.69, 9.17) is 4.74 Å². The molecule has 2 fully saturated rings. The molecule has 1 aromatic heterocycles. The fourth-order valence-corrected chi connectivity index (χ4v) is 3.19. The van der Waals surface area contributed by atoms with Gasteiger partial charge in [-0.2, -0.15) is 0 Å². The van der Waals surface area contributed by atoms with E-state index < -0.39 is 0 Å². The molecule has 2 N–H and O–H groups in total. The molecule has 3 atom stereocenters. The Morgan fingerprint density at radius 2 is 2.27 bits per heavy atom. The average Bonchev–Trinajstić information content (AvgIpc) is 2.41. The Hall–Kier alpha value is -1.62. The lowest BCUT2D eigenvalue weighted by Crippen LogP contribution is -2.46. The van der Waals surface area contributed by atoms with Gasteiger partial charge in [0.2, 0.25) is 5.91 Å². The van der Waals surface area contributed by atoms with Gasteiger partial charge in [-0.15, -0.1) is 0 Å². The number of carbonyl (C=O) groups excluding carboxylic acids is 1. The fourth-order valence-electron chi connectivity index (χ4n) is 3.19. The molecule has 2 heterocycles. The Kier molecular flexibility index (Phi) is 4.93. The Morgan fingerprint density at radius 1 is 1.41 bits per heavy atom. The van der Waals surface area contributed by atoms with Gasteiger partial charge >= 0.3 is 0 Å². The summed E-state index contributed by atoms with van der Waals surface area (Å²) in [5.74, 6) is 2.14. The van der Waals surface area contributed by atoms with Crippen molar-refractivity contribution in [3.05, 3.63) is 24.0 Å². The molecule has 1 aromatic rings. The zero-order valence-electron chi connectivity index (χ0n) is 13.2. The van der Waals surface area contributed by atoms with Crippen molar-refractivity contribution >= 4 is 5.91 Å². The number of rotatable bonds is 7. The Balaban J connectivity index is 1.51. The van der Waals surface area contributed by atoms with Crippen molar-refractivity contribution in [2.45, 2.75) is 44.6 Å². The molecule has 0 radical (unpaired) electrons. The number of hydrogen-bond acceptors (Lipinski definition) is 4. The summed E-state index contributed by atoms with van der Waals surface area (Å²) in [5, 5.41) is 6.22. The van der Waals surface area contributed by atoms with Gasteiger partial charge in [-0.1, -0.05) is 0 Å². The van der Waals surface area contributed by atoms with E-state index in [0.717, 1.165) is 31.9 Å². The third kappa shape index (κ3) is 3.77. The summed E-state index contributed by atoms with van der Waals surface area (Å²) in [6.45, 7) is 4.17. The van der Waals surface area contributed by atoms with Crippen LogP contribution >= 0.6 is 0 Å². The number of pyridine rings is 1. The van der Waals surface area contributed by atoms with Crippen LogP contribution in [0.2, 0.25) is 0 Å². The minimum Gasteiger partial charge on any atom is -0.490 e. The lowest BCUT2D eigenvalue weighted by molar-refractivity contribution is -0.119. The molecule has 0 bridgehead atoms. The summed E-state index contributed by atoms with van der Waals surface area (Å²) in [7, 11) is 0. The summed E-state index contributed by atoms with van der Waals surface area (Å²) in [6.07, 6.45) is 8.44. The molecular weight excluding hydrogens is 278 g/mol. The van der Waals surface area contributed by atoms with Crippen molar-refractivity contribution in [1.29, 1.82) is 0 Å². The lowest BCUT2D eigenvalue weighted by Gasteiger charge is -2.37. The number of aromatic nitrogens is 1. The van der Waals surface area contributed by atoms with E-state index in [1.54, 1.807) is 13.1 Å². The summed E-state index contributed by atoms with van der Waals surface area (Å²) >= 11 is 0.